The van der Waals surface area contributed by atoms with Crippen molar-refractivity contribution < 1.29 is 13.9 Å². The number of nitrogen functional groups attached to an aromatic ring is 1. The second-order valence-corrected chi connectivity index (χ2v) is 4.81. The summed E-state index contributed by atoms with van der Waals surface area (Å²) < 4.78 is 18.5. The van der Waals surface area contributed by atoms with Crippen molar-refractivity contribution in [1.82, 2.24) is 0 Å². The molecule has 0 spiro atoms. The summed E-state index contributed by atoms with van der Waals surface area (Å²) in [7, 11) is 0. The standard InChI is InChI=1S/C14H10Cl2FNO2/c15-11-3-1-2-8(13(11)16)7-20-14(19)10-5-4-9(18)6-12(10)17/h1-6H,7,18H2. The van der Waals surface area contributed by atoms with Crippen LogP contribution in [0.25, 0.3) is 0 Å². The number of nitrogens with two attached hydrogens (primary N) is 1. The monoisotopic (exact) mass is 313 g/mol. The molecule has 2 rings (SSSR count). The molecule has 0 aliphatic carbocycles. The Morgan fingerprint density at radius 3 is 2.70 bits per heavy atom. The zero-order valence-electron chi connectivity index (χ0n) is 10.2. The zero-order valence-corrected chi connectivity index (χ0v) is 11.7. The van der Waals surface area contributed by atoms with Gasteiger partial charge in [-0.25, -0.2) is 9.18 Å². The first-order chi connectivity index (χ1) is 9.49. The fourth-order valence-corrected chi connectivity index (χ4v) is 1.95. The fraction of sp³-hybridized carbons (Fsp3) is 0.0714. The lowest BCUT2D eigenvalue weighted by Crippen LogP contribution is -2.08. The van der Waals surface area contributed by atoms with Crippen molar-refractivity contribution in [2.24, 2.45) is 0 Å². The predicted molar refractivity (Wildman–Crippen MR) is 76.4 cm³/mol. The summed E-state index contributed by atoms with van der Waals surface area (Å²) in [5, 5.41) is 0.665. The molecule has 0 fully saturated rings. The first kappa shape index (κ1) is 14.6. The van der Waals surface area contributed by atoms with Crippen molar-refractivity contribution in [3.05, 3.63) is 63.4 Å². The number of anilines is 1. The smallest absolute Gasteiger partial charge is 0.341 e. The van der Waals surface area contributed by atoms with Gasteiger partial charge in [-0.3, -0.25) is 0 Å². The molecule has 20 heavy (non-hydrogen) atoms. The molecule has 0 saturated heterocycles. The number of halogens is 3. The lowest BCUT2D eigenvalue weighted by molar-refractivity contribution is 0.0467. The van der Waals surface area contributed by atoms with Crippen LogP contribution in [0.5, 0.6) is 0 Å². The van der Waals surface area contributed by atoms with Gasteiger partial charge in [-0.2, -0.15) is 0 Å². The van der Waals surface area contributed by atoms with E-state index in [1.807, 2.05) is 0 Å². The molecule has 0 radical (unpaired) electrons. The van der Waals surface area contributed by atoms with Gasteiger partial charge in [0, 0.05) is 11.3 Å². The Balaban J connectivity index is 2.11. The van der Waals surface area contributed by atoms with Gasteiger partial charge >= 0.3 is 5.97 Å². The highest BCUT2D eigenvalue weighted by molar-refractivity contribution is 6.42. The third-order valence-corrected chi connectivity index (χ3v) is 3.46. The van der Waals surface area contributed by atoms with Gasteiger partial charge in [0.25, 0.3) is 0 Å². The van der Waals surface area contributed by atoms with Gasteiger partial charge in [0.05, 0.1) is 15.6 Å². The van der Waals surface area contributed by atoms with Crippen LogP contribution in [-0.4, -0.2) is 5.97 Å². The minimum absolute atomic E-state index is 0.0952. The van der Waals surface area contributed by atoms with Gasteiger partial charge in [0.2, 0.25) is 0 Å². The van der Waals surface area contributed by atoms with Crippen LogP contribution in [0.3, 0.4) is 0 Å². The molecular formula is C14H10Cl2FNO2. The Morgan fingerprint density at radius 2 is 2.00 bits per heavy atom. The van der Waals surface area contributed by atoms with Crippen LogP contribution in [0, 0.1) is 5.82 Å². The maximum atomic E-state index is 13.5. The largest absolute Gasteiger partial charge is 0.457 e. The van der Waals surface area contributed by atoms with E-state index in [0.717, 1.165) is 6.07 Å². The second kappa shape index (κ2) is 6.11. The number of hydrogen-bond donors (Lipinski definition) is 1. The Hall–Kier alpha value is -1.78. The van der Waals surface area contributed by atoms with E-state index >= 15 is 0 Å². The van der Waals surface area contributed by atoms with E-state index in [1.54, 1.807) is 18.2 Å². The van der Waals surface area contributed by atoms with Crippen LogP contribution in [0.15, 0.2) is 36.4 Å². The normalized spacial score (nSPS) is 10.3. The predicted octanol–water partition coefficient (Wildman–Crippen LogP) is 4.07. The Kier molecular flexibility index (Phi) is 4.47. The molecule has 2 aromatic carbocycles. The Morgan fingerprint density at radius 1 is 1.25 bits per heavy atom. The van der Waals surface area contributed by atoms with Crippen molar-refractivity contribution in [3.63, 3.8) is 0 Å². The van der Waals surface area contributed by atoms with Gasteiger partial charge in [0.1, 0.15) is 12.4 Å². The summed E-state index contributed by atoms with van der Waals surface area (Å²) >= 11 is 11.8. The van der Waals surface area contributed by atoms with Gasteiger partial charge in [-0.1, -0.05) is 35.3 Å². The zero-order chi connectivity index (χ0) is 14.7. The molecule has 2 aromatic rings. The first-order valence-electron chi connectivity index (χ1n) is 5.64. The number of benzene rings is 2. The summed E-state index contributed by atoms with van der Waals surface area (Å²) in [6.07, 6.45) is 0. The molecule has 104 valence electrons. The topological polar surface area (TPSA) is 52.3 Å². The minimum Gasteiger partial charge on any atom is -0.457 e. The lowest BCUT2D eigenvalue weighted by Gasteiger charge is -2.08. The number of carbonyl (C=O) groups excluding carboxylic acids is 1. The summed E-state index contributed by atoms with van der Waals surface area (Å²) in [5.74, 6) is -1.52. The maximum absolute atomic E-state index is 13.5. The summed E-state index contributed by atoms with van der Waals surface area (Å²) in [5.41, 5.74) is 6.00. The van der Waals surface area contributed by atoms with Crippen LogP contribution in [0.4, 0.5) is 10.1 Å². The van der Waals surface area contributed by atoms with Crippen LogP contribution in [0.1, 0.15) is 15.9 Å². The van der Waals surface area contributed by atoms with Gasteiger partial charge < -0.3 is 10.5 Å². The van der Waals surface area contributed by atoms with Crippen molar-refractivity contribution in [2.75, 3.05) is 5.73 Å². The quantitative estimate of drug-likeness (QED) is 0.686. The van der Waals surface area contributed by atoms with Gasteiger partial charge in [0.15, 0.2) is 0 Å². The molecule has 0 amide bonds. The summed E-state index contributed by atoms with van der Waals surface area (Å²) in [6.45, 7) is -0.0952. The van der Waals surface area contributed by atoms with Crippen LogP contribution in [-0.2, 0) is 11.3 Å². The molecule has 0 bridgehead atoms. The fourth-order valence-electron chi connectivity index (χ4n) is 1.58. The summed E-state index contributed by atoms with van der Waals surface area (Å²) in [4.78, 5) is 11.8. The van der Waals surface area contributed by atoms with Gasteiger partial charge in [-0.05, 0) is 24.3 Å². The molecule has 0 aromatic heterocycles. The highest BCUT2D eigenvalue weighted by Crippen LogP contribution is 2.26. The second-order valence-electron chi connectivity index (χ2n) is 4.03. The van der Waals surface area contributed by atoms with E-state index in [0.29, 0.717) is 15.6 Å². The minimum atomic E-state index is -0.793. The van der Waals surface area contributed by atoms with Crippen molar-refractivity contribution in [1.29, 1.82) is 0 Å². The average molecular weight is 314 g/mol. The third-order valence-electron chi connectivity index (χ3n) is 2.60. The molecule has 0 aliphatic rings. The molecule has 6 heteroatoms. The highest BCUT2D eigenvalue weighted by Gasteiger charge is 2.14. The first-order valence-corrected chi connectivity index (χ1v) is 6.39. The average Bonchev–Trinajstić information content (AvgIpc) is 2.40. The van der Waals surface area contributed by atoms with Crippen LogP contribution in [0.2, 0.25) is 10.0 Å². The Bertz CT molecular complexity index is 662. The number of ether oxygens (including phenoxy) is 1. The molecule has 0 atom stereocenters. The maximum Gasteiger partial charge on any atom is 0.341 e. The number of hydrogen-bond acceptors (Lipinski definition) is 3. The molecule has 0 saturated carbocycles. The molecule has 0 aliphatic heterocycles. The molecule has 0 heterocycles. The number of esters is 1. The van der Waals surface area contributed by atoms with E-state index in [1.165, 1.54) is 12.1 Å². The van der Waals surface area contributed by atoms with E-state index < -0.39 is 11.8 Å². The van der Waals surface area contributed by atoms with E-state index in [2.05, 4.69) is 0 Å². The number of carbonyl (C=O) groups is 1. The highest BCUT2D eigenvalue weighted by atomic mass is 35.5. The van der Waals surface area contributed by atoms with Gasteiger partial charge in [-0.15, -0.1) is 0 Å². The molecule has 3 nitrogen and oxygen atoms in total. The van der Waals surface area contributed by atoms with E-state index in [9.17, 15) is 9.18 Å². The van der Waals surface area contributed by atoms with Crippen molar-refractivity contribution in [2.45, 2.75) is 6.61 Å². The van der Waals surface area contributed by atoms with Crippen LogP contribution < -0.4 is 5.73 Å². The van der Waals surface area contributed by atoms with E-state index in [-0.39, 0.29) is 17.9 Å². The SMILES string of the molecule is Nc1ccc(C(=O)OCc2cccc(Cl)c2Cl)c(F)c1. The lowest BCUT2D eigenvalue weighted by atomic mass is 10.2. The molecule has 0 unspecified atom stereocenters. The van der Waals surface area contributed by atoms with E-state index in [4.69, 9.17) is 33.7 Å². The van der Waals surface area contributed by atoms with Crippen molar-refractivity contribution in [3.8, 4) is 0 Å². The van der Waals surface area contributed by atoms with Crippen molar-refractivity contribution >= 4 is 34.9 Å². The Labute approximate surface area is 125 Å². The number of rotatable bonds is 3. The molecule has 2 N–H and O–H groups in total. The van der Waals surface area contributed by atoms with Crippen LogP contribution >= 0.6 is 23.2 Å². The third kappa shape index (κ3) is 3.21. The molecular weight excluding hydrogens is 304 g/mol. The summed E-state index contributed by atoms with van der Waals surface area (Å²) in [6, 6.07) is 8.72.